The number of rotatable bonds is 3. The fraction of sp³-hybridized carbons (Fsp3) is 0.632. The van der Waals surface area contributed by atoms with Gasteiger partial charge in [0.15, 0.2) is 0 Å². The lowest BCUT2D eigenvalue weighted by atomic mass is 9.65. The molecule has 1 aliphatic heterocycles. The Morgan fingerprint density at radius 2 is 1.95 bits per heavy atom. The lowest BCUT2D eigenvalue weighted by Crippen LogP contribution is -2.44. The molecule has 0 aromatic heterocycles. The molecule has 2 atom stereocenters. The molecule has 3 rings (SSSR count). The number of hydrogen-bond donors (Lipinski definition) is 1. The first-order valence-corrected chi connectivity index (χ1v) is 8.45. The quantitative estimate of drug-likeness (QED) is 0.904. The summed E-state index contributed by atoms with van der Waals surface area (Å²) in [4.78, 5) is 14.6. The highest BCUT2D eigenvalue weighted by molar-refractivity contribution is 5.75. The summed E-state index contributed by atoms with van der Waals surface area (Å²) >= 11 is 0. The molecule has 1 aliphatic carbocycles. The van der Waals surface area contributed by atoms with E-state index in [1.807, 2.05) is 18.2 Å². The molecule has 1 aromatic carbocycles. The summed E-state index contributed by atoms with van der Waals surface area (Å²) in [6.45, 7) is 8.66. The van der Waals surface area contributed by atoms with E-state index < -0.39 is 0 Å². The minimum atomic E-state index is 0.127. The van der Waals surface area contributed by atoms with E-state index in [-0.39, 0.29) is 6.03 Å². The molecule has 1 aromatic rings. The van der Waals surface area contributed by atoms with Crippen molar-refractivity contribution in [1.82, 2.24) is 10.2 Å². The predicted octanol–water partition coefficient (Wildman–Crippen LogP) is 3.84. The second kappa shape index (κ2) is 5.60. The van der Waals surface area contributed by atoms with Crippen molar-refractivity contribution < 1.29 is 4.79 Å². The van der Waals surface area contributed by atoms with Gasteiger partial charge < -0.3 is 10.2 Å². The molecule has 2 bridgehead atoms. The maximum Gasteiger partial charge on any atom is 0.317 e. The zero-order valence-corrected chi connectivity index (χ0v) is 14.1. The van der Waals surface area contributed by atoms with Gasteiger partial charge in [-0.15, -0.1) is 0 Å². The van der Waals surface area contributed by atoms with Crippen molar-refractivity contribution in [2.24, 2.45) is 10.8 Å². The van der Waals surface area contributed by atoms with Gasteiger partial charge >= 0.3 is 6.03 Å². The van der Waals surface area contributed by atoms with E-state index in [1.165, 1.54) is 18.4 Å². The summed E-state index contributed by atoms with van der Waals surface area (Å²) in [7, 11) is 0. The van der Waals surface area contributed by atoms with Gasteiger partial charge in [-0.2, -0.15) is 0 Å². The Morgan fingerprint density at radius 3 is 2.68 bits per heavy atom. The maximum atomic E-state index is 12.5. The summed E-state index contributed by atoms with van der Waals surface area (Å²) in [6.07, 6.45) is 4.43. The van der Waals surface area contributed by atoms with E-state index >= 15 is 0 Å². The molecule has 0 spiro atoms. The van der Waals surface area contributed by atoms with E-state index in [2.05, 4.69) is 43.1 Å². The van der Waals surface area contributed by atoms with E-state index in [1.54, 1.807) is 0 Å². The standard InChI is InChI=1S/C19H28N2O/c1-18(2)11-16-12-19(3,13-18)14-21(16)17(22)20-10-9-15-7-5-4-6-8-15/h4-8,16H,9-14H2,1-3H3,(H,20,22). The molecule has 1 saturated heterocycles. The topological polar surface area (TPSA) is 32.3 Å². The molecule has 1 heterocycles. The molecule has 3 nitrogen and oxygen atoms in total. The van der Waals surface area contributed by atoms with Crippen molar-refractivity contribution in [2.75, 3.05) is 13.1 Å². The number of amides is 2. The molecule has 0 radical (unpaired) electrons. The van der Waals surface area contributed by atoms with Crippen LogP contribution < -0.4 is 5.32 Å². The number of hydrogen-bond acceptors (Lipinski definition) is 1. The Morgan fingerprint density at radius 1 is 1.23 bits per heavy atom. The van der Waals surface area contributed by atoms with Crippen molar-refractivity contribution in [3.63, 3.8) is 0 Å². The van der Waals surface area contributed by atoms with Gasteiger partial charge in [0, 0.05) is 19.1 Å². The van der Waals surface area contributed by atoms with Crippen molar-refractivity contribution in [1.29, 1.82) is 0 Å². The van der Waals surface area contributed by atoms with Gasteiger partial charge in [0.2, 0.25) is 0 Å². The van der Waals surface area contributed by atoms with Crippen LogP contribution in [-0.4, -0.2) is 30.1 Å². The Hall–Kier alpha value is -1.51. The SMILES string of the molecule is CC1(C)CC2CC(C)(CN2C(=O)NCCc2ccccc2)C1. The second-order valence-electron chi connectivity index (χ2n) is 8.31. The lowest BCUT2D eigenvalue weighted by molar-refractivity contribution is 0.129. The number of nitrogens with zero attached hydrogens (tertiary/aromatic N) is 1. The van der Waals surface area contributed by atoms with Crippen LogP contribution in [0.2, 0.25) is 0 Å². The predicted molar refractivity (Wildman–Crippen MR) is 89.8 cm³/mol. The first-order valence-electron chi connectivity index (χ1n) is 8.45. The van der Waals surface area contributed by atoms with Gasteiger partial charge in [-0.1, -0.05) is 51.1 Å². The number of carbonyl (C=O) groups excluding carboxylic acids is 1. The van der Waals surface area contributed by atoms with E-state index in [0.29, 0.717) is 23.4 Å². The van der Waals surface area contributed by atoms with Crippen LogP contribution in [0.4, 0.5) is 4.79 Å². The van der Waals surface area contributed by atoms with Gasteiger partial charge in [-0.05, 0) is 42.1 Å². The average Bonchev–Trinajstić information content (AvgIpc) is 2.69. The first kappa shape index (κ1) is 15.4. The summed E-state index contributed by atoms with van der Waals surface area (Å²) in [5.41, 5.74) is 1.94. The summed E-state index contributed by atoms with van der Waals surface area (Å²) in [5.74, 6) is 0. The molecular formula is C19H28N2O. The van der Waals surface area contributed by atoms with Gasteiger partial charge in [-0.25, -0.2) is 4.79 Å². The van der Waals surface area contributed by atoms with Crippen LogP contribution in [0, 0.1) is 10.8 Å². The van der Waals surface area contributed by atoms with Gasteiger partial charge in [-0.3, -0.25) is 0 Å². The summed E-state index contributed by atoms with van der Waals surface area (Å²) < 4.78 is 0. The highest BCUT2D eigenvalue weighted by Crippen LogP contribution is 2.52. The minimum absolute atomic E-state index is 0.127. The van der Waals surface area contributed by atoms with Crippen LogP contribution in [0.1, 0.15) is 45.6 Å². The van der Waals surface area contributed by atoms with Crippen molar-refractivity contribution in [2.45, 2.75) is 52.5 Å². The Kier molecular flexibility index (Phi) is 3.92. The zero-order chi connectivity index (χ0) is 15.8. The lowest BCUT2D eigenvalue weighted by Gasteiger charge is -2.39. The van der Waals surface area contributed by atoms with Crippen LogP contribution in [-0.2, 0) is 6.42 Å². The maximum absolute atomic E-state index is 12.5. The molecule has 2 amide bonds. The Bertz CT molecular complexity index is 540. The molecule has 1 N–H and O–H groups in total. The summed E-state index contributed by atoms with van der Waals surface area (Å²) in [5, 5.41) is 3.12. The number of urea groups is 1. The van der Waals surface area contributed by atoms with Crippen molar-refractivity contribution in [3.8, 4) is 0 Å². The van der Waals surface area contributed by atoms with E-state index in [0.717, 1.165) is 19.4 Å². The van der Waals surface area contributed by atoms with Gasteiger partial charge in [0.1, 0.15) is 0 Å². The molecule has 2 aliphatic rings. The molecule has 22 heavy (non-hydrogen) atoms. The van der Waals surface area contributed by atoms with Crippen LogP contribution in [0.25, 0.3) is 0 Å². The number of likely N-dealkylation sites (tertiary alicyclic amines) is 1. The first-order chi connectivity index (χ1) is 10.4. The molecular weight excluding hydrogens is 272 g/mol. The average molecular weight is 300 g/mol. The van der Waals surface area contributed by atoms with Crippen LogP contribution in [0.3, 0.4) is 0 Å². The molecule has 2 fully saturated rings. The molecule has 120 valence electrons. The largest absolute Gasteiger partial charge is 0.338 e. The number of carbonyl (C=O) groups is 1. The van der Waals surface area contributed by atoms with Gasteiger partial charge in [0.05, 0.1) is 0 Å². The van der Waals surface area contributed by atoms with E-state index in [4.69, 9.17) is 0 Å². The zero-order valence-electron chi connectivity index (χ0n) is 14.1. The van der Waals surface area contributed by atoms with Crippen molar-refractivity contribution >= 4 is 6.03 Å². The molecule has 1 saturated carbocycles. The van der Waals surface area contributed by atoms with Crippen LogP contribution >= 0.6 is 0 Å². The fourth-order valence-electron chi connectivity index (χ4n) is 4.76. The minimum Gasteiger partial charge on any atom is -0.338 e. The summed E-state index contributed by atoms with van der Waals surface area (Å²) in [6, 6.07) is 10.9. The Balaban J connectivity index is 1.55. The van der Waals surface area contributed by atoms with E-state index in [9.17, 15) is 4.79 Å². The number of nitrogens with one attached hydrogen (secondary N) is 1. The number of fused-ring (bicyclic) bond motifs is 2. The third-order valence-electron chi connectivity index (χ3n) is 5.21. The van der Waals surface area contributed by atoms with Crippen molar-refractivity contribution in [3.05, 3.63) is 35.9 Å². The normalized spacial score (nSPS) is 29.4. The highest BCUT2D eigenvalue weighted by Gasteiger charge is 2.50. The smallest absolute Gasteiger partial charge is 0.317 e. The van der Waals surface area contributed by atoms with Gasteiger partial charge in [0.25, 0.3) is 0 Å². The third-order valence-corrected chi connectivity index (χ3v) is 5.21. The molecule has 2 unspecified atom stereocenters. The second-order valence-corrected chi connectivity index (χ2v) is 8.31. The van der Waals surface area contributed by atoms with Crippen LogP contribution in [0.5, 0.6) is 0 Å². The highest BCUT2D eigenvalue weighted by atomic mass is 16.2. The molecule has 3 heteroatoms. The number of benzene rings is 1. The fourth-order valence-corrected chi connectivity index (χ4v) is 4.76. The third kappa shape index (κ3) is 3.29. The van der Waals surface area contributed by atoms with Crippen LogP contribution in [0.15, 0.2) is 30.3 Å². The Labute approximate surface area is 134 Å². The monoisotopic (exact) mass is 300 g/mol.